The first kappa shape index (κ1) is 13.4. The maximum atomic E-state index is 11.5. The molecule has 6 heteroatoms. The molecule has 16 heavy (non-hydrogen) atoms. The molecule has 0 heterocycles. The van der Waals surface area contributed by atoms with Gasteiger partial charge in [0.2, 0.25) is 15.9 Å². The lowest BCUT2D eigenvalue weighted by molar-refractivity contribution is -0.121. The van der Waals surface area contributed by atoms with Gasteiger partial charge in [0.15, 0.2) is 0 Å². The van der Waals surface area contributed by atoms with E-state index in [-0.39, 0.29) is 23.5 Å². The van der Waals surface area contributed by atoms with Gasteiger partial charge in [-0.3, -0.25) is 9.52 Å². The number of methoxy groups -OCH3 is 1. The number of carbonyl (C=O) groups is 1. The molecule has 0 spiro atoms. The van der Waals surface area contributed by atoms with E-state index in [4.69, 9.17) is 4.74 Å². The van der Waals surface area contributed by atoms with Gasteiger partial charge in [-0.2, -0.15) is 0 Å². The molecule has 1 amide bonds. The van der Waals surface area contributed by atoms with Crippen LogP contribution in [0.4, 0.5) is 0 Å². The zero-order valence-corrected chi connectivity index (χ0v) is 10.5. The molecule has 1 saturated carbocycles. The highest BCUT2D eigenvalue weighted by atomic mass is 32.2. The van der Waals surface area contributed by atoms with Crippen LogP contribution in [0.3, 0.4) is 0 Å². The Morgan fingerprint density at radius 1 is 1.50 bits per heavy atom. The van der Waals surface area contributed by atoms with Gasteiger partial charge in [-0.1, -0.05) is 13.3 Å². The zero-order valence-electron chi connectivity index (χ0n) is 9.73. The summed E-state index contributed by atoms with van der Waals surface area (Å²) in [6.07, 6.45) is 2.10. The minimum atomic E-state index is -3.43. The lowest BCUT2D eigenvalue weighted by Gasteiger charge is -2.05. The maximum Gasteiger partial charge on any atom is 0.236 e. The first-order valence-corrected chi connectivity index (χ1v) is 7.18. The molecule has 1 fully saturated rings. The number of sulfonamides is 1. The van der Waals surface area contributed by atoms with E-state index < -0.39 is 10.0 Å². The third-order valence-electron chi connectivity index (χ3n) is 2.66. The molecule has 1 aliphatic rings. The summed E-state index contributed by atoms with van der Waals surface area (Å²) in [6, 6.07) is 0. The van der Waals surface area contributed by atoms with Crippen LogP contribution in [0.15, 0.2) is 0 Å². The molecule has 0 aromatic rings. The summed E-state index contributed by atoms with van der Waals surface area (Å²) in [5.74, 6) is -0.349. The number of carbonyl (C=O) groups excluding carboxylic acids is 1. The standard InChI is InChI=1S/C10H19NO4S/c1-3-4-5-16(13,14)11-10(12)9-6-8(9)7-15-2/h8-9H,3-7H2,1-2H3,(H,11,12)/t8-,9+/m1/s1. The van der Waals surface area contributed by atoms with Crippen molar-refractivity contribution in [3.05, 3.63) is 0 Å². The lowest BCUT2D eigenvalue weighted by Crippen LogP contribution is -2.34. The number of amides is 1. The van der Waals surface area contributed by atoms with Gasteiger partial charge in [-0.25, -0.2) is 8.42 Å². The van der Waals surface area contributed by atoms with Crippen LogP contribution in [-0.2, 0) is 19.6 Å². The molecule has 1 rings (SSSR count). The minimum absolute atomic E-state index is 0.0247. The van der Waals surface area contributed by atoms with Gasteiger partial charge in [0.1, 0.15) is 0 Å². The number of unbranched alkanes of at least 4 members (excludes halogenated alkanes) is 1. The van der Waals surface area contributed by atoms with Crippen molar-refractivity contribution in [3.8, 4) is 0 Å². The van der Waals surface area contributed by atoms with Crippen LogP contribution in [0, 0.1) is 11.8 Å². The summed E-state index contributed by atoms with van der Waals surface area (Å²) in [7, 11) is -1.85. The molecular formula is C10H19NO4S. The molecule has 0 aromatic heterocycles. The predicted molar refractivity (Wildman–Crippen MR) is 60.3 cm³/mol. The SMILES string of the molecule is CCCCS(=O)(=O)NC(=O)[C@H]1C[C@@H]1COC. The Morgan fingerprint density at radius 2 is 2.19 bits per heavy atom. The predicted octanol–water partition coefficient (Wildman–Crippen LogP) is 0.515. The number of ether oxygens (including phenoxy) is 1. The second-order valence-electron chi connectivity index (χ2n) is 4.20. The van der Waals surface area contributed by atoms with Crippen LogP contribution in [0.2, 0.25) is 0 Å². The highest BCUT2D eigenvalue weighted by Crippen LogP contribution is 2.38. The fourth-order valence-electron chi connectivity index (χ4n) is 1.58. The summed E-state index contributed by atoms with van der Waals surface area (Å²) in [5, 5.41) is 0. The van der Waals surface area contributed by atoms with Gasteiger partial charge in [0.05, 0.1) is 5.75 Å². The van der Waals surface area contributed by atoms with E-state index in [0.717, 1.165) is 12.8 Å². The Hall–Kier alpha value is -0.620. The first-order chi connectivity index (χ1) is 7.50. The average molecular weight is 249 g/mol. The van der Waals surface area contributed by atoms with Crippen LogP contribution < -0.4 is 4.72 Å². The van der Waals surface area contributed by atoms with E-state index in [1.54, 1.807) is 7.11 Å². The van der Waals surface area contributed by atoms with Crippen LogP contribution in [0.25, 0.3) is 0 Å². The number of nitrogens with one attached hydrogen (secondary N) is 1. The summed E-state index contributed by atoms with van der Waals surface area (Å²) < 4.78 is 29.9. The van der Waals surface area contributed by atoms with Crippen molar-refractivity contribution in [3.63, 3.8) is 0 Å². The largest absolute Gasteiger partial charge is 0.384 e. The summed E-state index contributed by atoms with van der Waals surface area (Å²) in [6.45, 7) is 2.43. The summed E-state index contributed by atoms with van der Waals surface area (Å²) >= 11 is 0. The first-order valence-electron chi connectivity index (χ1n) is 5.53. The molecule has 94 valence electrons. The van der Waals surface area contributed by atoms with Crippen molar-refractivity contribution in [1.29, 1.82) is 0 Å². The van der Waals surface area contributed by atoms with Gasteiger partial charge in [0, 0.05) is 19.6 Å². The number of hydrogen-bond donors (Lipinski definition) is 1. The minimum Gasteiger partial charge on any atom is -0.384 e. The lowest BCUT2D eigenvalue weighted by atomic mass is 10.3. The third kappa shape index (κ3) is 4.09. The molecule has 0 saturated heterocycles. The van der Waals surface area contributed by atoms with Crippen LogP contribution in [0.5, 0.6) is 0 Å². The number of hydrogen-bond acceptors (Lipinski definition) is 4. The van der Waals surface area contributed by atoms with E-state index in [1.165, 1.54) is 0 Å². The summed E-state index contributed by atoms with van der Waals surface area (Å²) in [5.41, 5.74) is 0. The maximum absolute atomic E-state index is 11.5. The Kier molecular flexibility index (Phi) is 4.73. The Bertz CT molecular complexity index is 339. The molecule has 0 aliphatic heterocycles. The second-order valence-corrected chi connectivity index (χ2v) is 6.04. The van der Waals surface area contributed by atoms with Crippen LogP contribution >= 0.6 is 0 Å². The van der Waals surface area contributed by atoms with E-state index in [0.29, 0.717) is 13.0 Å². The van der Waals surface area contributed by atoms with Crippen molar-refractivity contribution in [1.82, 2.24) is 4.72 Å². The van der Waals surface area contributed by atoms with Gasteiger partial charge in [-0.05, 0) is 18.8 Å². The highest BCUT2D eigenvalue weighted by molar-refractivity contribution is 7.90. The Balaban J connectivity index is 2.35. The molecule has 0 aromatic carbocycles. The quantitative estimate of drug-likeness (QED) is 0.713. The van der Waals surface area contributed by atoms with Gasteiger partial charge in [0.25, 0.3) is 0 Å². The van der Waals surface area contributed by atoms with Gasteiger partial charge in [-0.15, -0.1) is 0 Å². The summed E-state index contributed by atoms with van der Waals surface area (Å²) in [4.78, 5) is 11.5. The Labute approximate surface area is 96.6 Å². The molecule has 1 N–H and O–H groups in total. The smallest absolute Gasteiger partial charge is 0.236 e. The third-order valence-corrected chi connectivity index (χ3v) is 4.00. The van der Waals surface area contributed by atoms with Crippen molar-refractivity contribution in [2.24, 2.45) is 11.8 Å². The van der Waals surface area contributed by atoms with E-state index in [1.807, 2.05) is 6.92 Å². The van der Waals surface area contributed by atoms with E-state index in [9.17, 15) is 13.2 Å². The van der Waals surface area contributed by atoms with Gasteiger partial charge >= 0.3 is 0 Å². The van der Waals surface area contributed by atoms with Crippen molar-refractivity contribution in [2.45, 2.75) is 26.2 Å². The van der Waals surface area contributed by atoms with Crippen LogP contribution in [0.1, 0.15) is 26.2 Å². The average Bonchev–Trinajstić information content (AvgIpc) is 2.94. The molecule has 5 nitrogen and oxygen atoms in total. The molecule has 0 bridgehead atoms. The van der Waals surface area contributed by atoms with Crippen molar-refractivity contribution >= 4 is 15.9 Å². The topological polar surface area (TPSA) is 72.5 Å². The monoisotopic (exact) mass is 249 g/mol. The highest BCUT2D eigenvalue weighted by Gasteiger charge is 2.43. The van der Waals surface area contributed by atoms with Crippen LogP contribution in [-0.4, -0.2) is 33.8 Å². The van der Waals surface area contributed by atoms with Crippen molar-refractivity contribution in [2.75, 3.05) is 19.5 Å². The van der Waals surface area contributed by atoms with Crippen molar-refractivity contribution < 1.29 is 17.9 Å². The van der Waals surface area contributed by atoms with Gasteiger partial charge < -0.3 is 4.74 Å². The zero-order chi connectivity index (χ0) is 12.2. The Morgan fingerprint density at radius 3 is 2.75 bits per heavy atom. The van der Waals surface area contributed by atoms with E-state index in [2.05, 4.69) is 4.72 Å². The molecule has 0 radical (unpaired) electrons. The second kappa shape index (κ2) is 5.63. The molecular weight excluding hydrogens is 230 g/mol. The molecule has 2 atom stereocenters. The number of rotatable bonds is 7. The molecule has 1 aliphatic carbocycles. The van der Waals surface area contributed by atoms with E-state index >= 15 is 0 Å². The fourth-order valence-corrected chi connectivity index (χ4v) is 2.81. The fraction of sp³-hybridized carbons (Fsp3) is 0.900. The normalized spacial score (nSPS) is 24.1. The molecule has 0 unspecified atom stereocenters.